The molecule has 3 aliphatic rings. The molecule has 1 aliphatic carbocycles. The molecule has 228 valence electrons. The first-order valence-electron chi connectivity index (χ1n) is 14.4. The van der Waals surface area contributed by atoms with Gasteiger partial charge in [0.25, 0.3) is 17.7 Å². The number of nitrogens with zero attached hydrogens (tertiary/aromatic N) is 5. The molecule has 0 radical (unpaired) electrons. The van der Waals surface area contributed by atoms with Crippen molar-refractivity contribution in [3.05, 3.63) is 77.0 Å². The van der Waals surface area contributed by atoms with Gasteiger partial charge in [0.2, 0.25) is 0 Å². The highest BCUT2D eigenvalue weighted by Gasteiger charge is 2.52. The molecule has 1 N–H and O–H groups in total. The van der Waals surface area contributed by atoms with Crippen molar-refractivity contribution in [3.8, 4) is 11.8 Å². The van der Waals surface area contributed by atoms with Crippen molar-refractivity contribution in [2.75, 3.05) is 31.2 Å². The van der Waals surface area contributed by atoms with Crippen molar-refractivity contribution in [1.82, 2.24) is 20.0 Å². The summed E-state index contributed by atoms with van der Waals surface area (Å²) in [4.78, 5) is 44.6. The van der Waals surface area contributed by atoms with Crippen LogP contribution in [0.1, 0.15) is 57.7 Å². The number of nitriles is 1. The Kier molecular flexibility index (Phi) is 7.63. The molecule has 44 heavy (non-hydrogen) atoms. The summed E-state index contributed by atoms with van der Waals surface area (Å²) in [6, 6.07) is 13.2. The van der Waals surface area contributed by atoms with E-state index in [1.165, 1.54) is 15.9 Å². The number of rotatable bonds is 6. The summed E-state index contributed by atoms with van der Waals surface area (Å²) in [5, 5.41) is 17.2. The quantitative estimate of drug-likeness (QED) is 0.454. The minimum atomic E-state index is -4.65. The normalized spacial score (nSPS) is 21.9. The van der Waals surface area contributed by atoms with Crippen molar-refractivity contribution >= 4 is 23.5 Å². The number of alkyl halides is 3. The van der Waals surface area contributed by atoms with Crippen LogP contribution in [0.3, 0.4) is 0 Å². The summed E-state index contributed by atoms with van der Waals surface area (Å²) in [6.07, 6.45) is -3.20. The summed E-state index contributed by atoms with van der Waals surface area (Å²) in [5.74, 6) is -2.14. The van der Waals surface area contributed by atoms with Gasteiger partial charge in [0.1, 0.15) is 17.9 Å². The summed E-state index contributed by atoms with van der Waals surface area (Å²) >= 11 is 0. The first-order valence-corrected chi connectivity index (χ1v) is 14.4. The van der Waals surface area contributed by atoms with Gasteiger partial charge < -0.3 is 15.0 Å². The first kappa shape index (κ1) is 29.4. The van der Waals surface area contributed by atoms with Crippen LogP contribution >= 0.6 is 0 Å². The number of hydrogen-bond acceptors (Lipinski definition) is 6. The molecule has 3 atom stereocenters. The number of carbonyl (C=O) groups excluding carboxylic acids is 3. The number of fused-ring (bicyclic) bond motifs is 1. The second-order valence-electron chi connectivity index (χ2n) is 11.0. The number of aromatic nitrogens is 2. The fourth-order valence-corrected chi connectivity index (χ4v) is 6.06. The summed E-state index contributed by atoms with van der Waals surface area (Å²) in [5.41, 5.74) is -0.0789. The van der Waals surface area contributed by atoms with Gasteiger partial charge in [0.05, 0.1) is 30.5 Å². The van der Waals surface area contributed by atoms with Crippen LogP contribution in [0.15, 0.2) is 54.6 Å². The van der Waals surface area contributed by atoms with E-state index in [0.29, 0.717) is 17.1 Å². The van der Waals surface area contributed by atoms with E-state index < -0.39 is 47.5 Å². The maximum Gasteiger partial charge on any atom is 0.416 e. The summed E-state index contributed by atoms with van der Waals surface area (Å²) in [6.45, 7) is 2.38. The maximum atomic E-state index is 14.2. The second kappa shape index (κ2) is 11.4. The molecular formula is C31H29F3N6O4. The summed E-state index contributed by atoms with van der Waals surface area (Å²) < 4.78 is 47.1. The predicted octanol–water partition coefficient (Wildman–Crippen LogP) is 3.91. The van der Waals surface area contributed by atoms with Crippen LogP contribution in [0.25, 0.3) is 5.69 Å². The molecule has 3 amide bonds. The molecule has 1 saturated heterocycles. The van der Waals surface area contributed by atoms with Crippen LogP contribution < -0.4 is 10.2 Å². The van der Waals surface area contributed by atoms with Crippen LogP contribution in [0, 0.1) is 17.2 Å². The molecule has 0 spiro atoms. The molecule has 10 nitrogen and oxygen atoms in total. The van der Waals surface area contributed by atoms with Gasteiger partial charge in [0.15, 0.2) is 5.69 Å². The second-order valence-corrected chi connectivity index (χ2v) is 11.0. The van der Waals surface area contributed by atoms with Crippen molar-refractivity contribution in [2.24, 2.45) is 5.92 Å². The lowest BCUT2D eigenvalue weighted by atomic mass is 9.82. The Bertz CT molecular complexity index is 1650. The van der Waals surface area contributed by atoms with Crippen molar-refractivity contribution in [2.45, 2.75) is 43.9 Å². The maximum absolute atomic E-state index is 14.2. The molecule has 3 aromatic rings. The van der Waals surface area contributed by atoms with E-state index in [4.69, 9.17) is 9.84 Å². The number of carbonyl (C=O) groups is 3. The van der Waals surface area contributed by atoms with Crippen molar-refractivity contribution < 1.29 is 32.3 Å². The number of likely N-dealkylation sites (N-methyl/N-ethyl adjacent to an activating group) is 1. The van der Waals surface area contributed by atoms with E-state index >= 15 is 0 Å². The SMILES string of the molecule is CCN1C(=O)[C@@H](NC(=O)c2cccc(C(F)(F)F)c2)[C@@H](C2CC2)c2c(C(=O)N3CCOC[C@@H]3C#N)nn(-c3ccccc3)c21. The topological polar surface area (TPSA) is 121 Å². The number of benzene rings is 2. The highest BCUT2D eigenvalue weighted by Crippen LogP contribution is 2.51. The molecule has 13 heteroatoms. The average molecular weight is 607 g/mol. The Labute approximate surface area is 251 Å². The number of halogens is 3. The van der Waals surface area contributed by atoms with Gasteiger partial charge in [0, 0.05) is 30.1 Å². The van der Waals surface area contributed by atoms with E-state index in [0.717, 1.165) is 31.0 Å². The third-order valence-corrected chi connectivity index (χ3v) is 8.30. The monoisotopic (exact) mass is 606 g/mol. The Morgan fingerprint density at radius 3 is 2.55 bits per heavy atom. The number of para-hydroxylation sites is 1. The lowest BCUT2D eigenvalue weighted by Gasteiger charge is -2.39. The minimum absolute atomic E-state index is 0.0467. The third-order valence-electron chi connectivity index (χ3n) is 8.30. The van der Waals surface area contributed by atoms with E-state index in [-0.39, 0.29) is 43.5 Å². The first-order chi connectivity index (χ1) is 21.1. The van der Waals surface area contributed by atoms with Gasteiger partial charge in [-0.15, -0.1) is 0 Å². The number of nitrogens with one attached hydrogen (secondary N) is 1. The Balaban J connectivity index is 1.48. The van der Waals surface area contributed by atoms with Crippen LogP contribution in [-0.2, 0) is 15.7 Å². The zero-order valence-electron chi connectivity index (χ0n) is 23.8. The highest BCUT2D eigenvalue weighted by atomic mass is 19.4. The van der Waals surface area contributed by atoms with Gasteiger partial charge >= 0.3 is 6.18 Å². The van der Waals surface area contributed by atoms with Crippen LogP contribution in [-0.4, -0.2) is 70.8 Å². The fourth-order valence-electron chi connectivity index (χ4n) is 6.06. The molecule has 1 aromatic heterocycles. The van der Waals surface area contributed by atoms with Gasteiger partial charge in [-0.3, -0.25) is 19.3 Å². The largest absolute Gasteiger partial charge is 0.416 e. The zero-order valence-corrected chi connectivity index (χ0v) is 23.8. The molecule has 3 heterocycles. The van der Waals surface area contributed by atoms with E-state index in [2.05, 4.69) is 11.4 Å². The Hall–Kier alpha value is -4.70. The van der Waals surface area contributed by atoms with Gasteiger partial charge in [-0.25, -0.2) is 4.68 Å². The molecular weight excluding hydrogens is 577 g/mol. The number of hydrogen-bond donors (Lipinski definition) is 1. The third kappa shape index (κ3) is 5.19. The predicted molar refractivity (Wildman–Crippen MR) is 151 cm³/mol. The molecule has 0 bridgehead atoms. The molecule has 2 aliphatic heterocycles. The van der Waals surface area contributed by atoms with Crippen LogP contribution in [0.5, 0.6) is 0 Å². The van der Waals surface area contributed by atoms with Crippen molar-refractivity contribution in [3.63, 3.8) is 0 Å². The molecule has 2 aromatic carbocycles. The molecule has 6 rings (SSSR count). The lowest BCUT2D eigenvalue weighted by Crippen LogP contribution is -2.56. The minimum Gasteiger partial charge on any atom is -0.376 e. The zero-order chi connectivity index (χ0) is 31.2. The van der Waals surface area contributed by atoms with Crippen molar-refractivity contribution in [1.29, 1.82) is 5.26 Å². The van der Waals surface area contributed by atoms with E-state index in [1.54, 1.807) is 35.9 Å². The van der Waals surface area contributed by atoms with Gasteiger partial charge in [-0.05, 0) is 56.0 Å². The average Bonchev–Trinajstić information content (AvgIpc) is 3.80. The number of morpholine rings is 1. The van der Waals surface area contributed by atoms with Crippen LogP contribution in [0.2, 0.25) is 0 Å². The summed E-state index contributed by atoms with van der Waals surface area (Å²) in [7, 11) is 0. The Morgan fingerprint density at radius 1 is 1.14 bits per heavy atom. The van der Waals surface area contributed by atoms with Crippen LogP contribution in [0.4, 0.5) is 19.0 Å². The Morgan fingerprint density at radius 2 is 1.89 bits per heavy atom. The standard InChI is InChI=1S/C31H29F3N6O4/c1-2-38-28-24(26(37-40(28)21-9-4-3-5-10-21)30(43)39-13-14-44-17-22(39)16-35)23(18-11-12-18)25(29(38)42)36-27(41)19-7-6-8-20(15-19)31(32,33)34/h3-10,15,18,22-23,25H,2,11-14,17H2,1H3,(H,36,41)/t22-,23-,25-/m0/s1. The number of ether oxygens (including phenoxy) is 1. The number of anilines is 1. The van der Waals surface area contributed by atoms with Gasteiger partial charge in [-0.1, -0.05) is 24.3 Å². The number of amides is 3. The molecule has 0 unspecified atom stereocenters. The smallest absolute Gasteiger partial charge is 0.376 e. The van der Waals surface area contributed by atoms with Gasteiger partial charge in [-0.2, -0.15) is 23.5 Å². The lowest BCUT2D eigenvalue weighted by molar-refractivity contribution is -0.137. The molecule has 2 fully saturated rings. The molecule has 1 saturated carbocycles. The fraction of sp³-hybridized carbons (Fsp3) is 0.387. The van der Waals surface area contributed by atoms with E-state index in [9.17, 15) is 32.8 Å². The van der Waals surface area contributed by atoms with E-state index in [1.807, 2.05) is 6.07 Å². The highest BCUT2D eigenvalue weighted by molar-refractivity contribution is 6.07.